The molecule has 3 heteroatoms. The number of thiophene rings is 1. The summed E-state index contributed by atoms with van der Waals surface area (Å²) in [4.78, 5) is 1.37. The van der Waals surface area contributed by atoms with Gasteiger partial charge in [0, 0.05) is 4.88 Å². The maximum Gasteiger partial charge on any atom is 0.0731 e. The Morgan fingerprint density at radius 2 is 1.75 bits per heavy atom. The fourth-order valence-corrected chi connectivity index (χ4v) is 3.96. The number of nitrogens with one attached hydrogen (secondary N) is 1. The molecular weight excluding hydrogens is 330 g/mol. The number of aryl methyl sites for hydroxylation is 1. The molecule has 1 aromatic heterocycles. The zero-order valence-electron chi connectivity index (χ0n) is 12.5. The molecule has 0 aliphatic rings. The molecule has 1 heterocycles. The lowest BCUT2D eigenvalue weighted by Gasteiger charge is -2.18. The minimum absolute atomic E-state index is 0.288. The molecule has 1 aromatic carbocycles. The lowest BCUT2D eigenvalue weighted by atomic mass is 9.98. The summed E-state index contributed by atoms with van der Waals surface area (Å²) in [7, 11) is 0. The van der Waals surface area contributed by atoms with Crippen LogP contribution in [0.1, 0.15) is 54.3 Å². The zero-order chi connectivity index (χ0) is 14.7. The van der Waals surface area contributed by atoms with Crippen LogP contribution in [-0.4, -0.2) is 6.54 Å². The average molecular weight is 352 g/mol. The molecule has 0 saturated carbocycles. The Balaban J connectivity index is 2.32. The molecule has 0 aliphatic heterocycles. The van der Waals surface area contributed by atoms with Crippen LogP contribution in [0.3, 0.4) is 0 Å². The van der Waals surface area contributed by atoms with Crippen molar-refractivity contribution in [2.75, 3.05) is 6.54 Å². The second kappa shape index (κ2) is 6.88. The Labute approximate surface area is 134 Å². The van der Waals surface area contributed by atoms with Crippen LogP contribution in [0, 0.1) is 6.92 Å². The van der Waals surface area contributed by atoms with E-state index in [-0.39, 0.29) is 6.04 Å². The number of rotatable bonds is 5. The predicted molar refractivity (Wildman–Crippen MR) is 92.8 cm³/mol. The van der Waals surface area contributed by atoms with Gasteiger partial charge in [0.15, 0.2) is 0 Å². The summed E-state index contributed by atoms with van der Waals surface area (Å²) >= 11 is 5.45. The number of hydrogen-bond donors (Lipinski definition) is 1. The smallest absolute Gasteiger partial charge is 0.0731 e. The van der Waals surface area contributed by atoms with Crippen molar-refractivity contribution in [3.63, 3.8) is 0 Å². The molecule has 1 nitrogen and oxygen atoms in total. The third-order valence-corrected chi connectivity index (χ3v) is 5.71. The lowest BCUT2D eigenvalue weighted by molar-refractivity contribution is 0.639. The van der Waals surface area contributed by atoms with Crippen molar-refractivity contribution in [1.29, 1.82) is 0 Å². The molecule has 1 atom stereocenters. The van der Waals surface area contributed by atoms with Crippen LogP contribution < -0.4 is 5.32 Å². The van der Waals surface area contributed by atoms with Gasteiger partial charge in [-0.25, -0.2) is 0 Å². The van der Waals surface area contributed by atoms with Gasteiger partial charge in [-0.1, -0.05) is 45.0 Å². The third kappa shape index (κ3) is 3.51. The van der Waals surface area contributed by atoms with Gasteiger partial charge in [-0.15, -0.1) is 11.3 Å². The molecule has 0 bridgehead atoms. The second-order valence-electron chi connectivity index (χ2n) is 5.42. The molecule has 0 saturated heterocycles. The van der Waals surface area contributed by atoms with Gasteiger partial charge in [-0.3, -0.25) is 0 Å². The standard InChI is InChI=1S/C17H22BrNS/c1-5-19-16(15-10-12(4)17(18)20-15)14-8-6-13(7-9-14)11(2)3/h6-11,16,19H,5H2,1-4H3. The van der Waals surface area contributed by atoms with Gasteiger partial charge >= 0.3 is 0 Å². The normalized spacial score (nSPS) is 12.9. The summed E-state index contributed by atoms with van der Waals surface area (Å²) in [6.45, 7) is 9.73. The summed E-state index contributed by atoms with van der Waals surface area (Å²) in [6.07, 6.45) is 0. The molecule has 0 fully saturated rings. The maximum absolute atomic E-state index is 3.63. The molecule has 0 radical (unpaired) electrons. The Hall–Kier alpha value is -0.640. The first-order valence-corrected chi connectivity index (χ1v) is 8.73. The van der Waals surface area contributed by atoms with Gasteiger partial charge < -0.3 is 5.32 Å². The summed E-state index contributed by atoms with van der Waals surface area (Å²) in [5.74, 6) is 0.583. The predicted octanol–water partition coefficient (Wildman–Crippen LogP) is 5.64. The van der Waals surface area contributed by atoms with Crippen molar-refractivity contribution in [2.45, 2.75) is 39.7 Å². The molecule has 0 spiro atoms. The van der Waals surface area contributed by atoms with Crippen molar-refractivity contribution in [1.82, 2.24) is 5.32 Å². The summed E-state index contributed by atoms with van der Waals surface area (Å²) in [5, 5.41) is 3.59. The van der Waals surface area contributed by atoms with E-state index in [2.05, 4.69) is 79.3 Å². The van der Waals surface area contributed by atoms with Crippen molar-refractivity contribution in [2.24, 2.45) is 0 Å². The topological polar surface area (TPSA) is 12.0 Å². The zero-order valence-corrected chi connectivity index (χ0v) is 14.9. The number of halogens is 1. The quantitative estimate of drug-likeness (QED) is 0.734. The van der Waals surface area contributed by atoms with E-state index in [4.69, 9.17) is 0 Å². The van der Waals surface area contributed by atoms with E-state index in [0.29, 0.717) is 5.92 Å². The summed E-state index contributed by atoms with van der Waals surface area (Å²) in [5.41, 5.74) is 4.05. The van der Waals surface area contributed by atoms with Crippen molar-refractivity contribution >= 4 is 27.3 Å². The Morgan fingerprint density at radius 1 is 1.15 bits per heavy atom. The summed E-state index contributed by atoms with van der Waals surface area (Å²) < 4.78 is 1.23. The maximum atomic E-state index is 3.63. The van der Waals surface area contributed by atoms with Crippen LogP contribution in [0.2, 0.25) is 0 Å². The van der Waals surface area contributed by atoms with Gasteiger partial charge in [0.25, 0.3) is 0 Å². The molecule has 1 N–H and O–H groups in total. The highest BCUT2D eigenvalue weighted by atomic mass is 79.9. The molecule has 2 aromatic rings. The van der Waals surface area contributed by atoms with E-state index >= 15 is 0 Å². The van der Waals surface area contributed by atoms with Crippen molar-refractivity contribution < 1.29 is 0 Å². The number of hydrogen-bond acceptors (Lipinski definition) is 2. The van der Waals surface area contributed by atoms with Gasteiger partial charge in [-0.05, 0) is 58.1 Å². The fraction of sp³-hybridized carbons (Fsp3) is 0.412. The third-order valence-electron chi connectivity index (χ3n) is 3.51. The van der Waals surface area contributed by atoms with Crippen molar-refractivity contribution in [3.8, 4) is 0 Å². The first-order valence-electron chi connectivity index (χ1n) is 7.12. The van der Waals surface area contributed by atoms with Gasteiger partial charge in [0.1, 0.15) is 0 Å². The van der Waals surface area contributed by atoms with Crippen LogP contribution in [0.4, 0.5) is 0 Å². The molecule has 108 valence electrons. The van der Waals surface area contributed by atoms with Crippen molar-refractivity contribution in [3.05, 3.63) is 55.7 Å². The van der Waals surface area contributed by atoms with Crippen LogP contribution >= 0.6 is 27.3 Å². The molecule has 1 unspecified atom stereocenters. The second-order valence-corrected chi connectivity index (χ2v) is 7.82. The molecular formula is C17H22BrNS. The van der Waals surface area contributed by atoms with Gasteiger partial charge in [-0.2, -0.15) is 0 Å². The van der Waals surface area contributed by atoms with Gasteiger partial charge in [0.2, 0.25) is 0 Å². The van der Waals surface area contributed by atoms with Gasteiger partial charge in [0.05, 0.1) is 9.83 Å². The monoisotopic (exact) mass is 351 g/mol. The minimum atomic E-state index is 0.288. The molecule has 0 aliphatic carbocycles. The van der Waals surface area contributed by atoms with Crippen LogP contribution in [0.25, 0.3) is 0 Å². The highest BCUT2D eigenvalue weighted by Crippen LogP contribution is 2.34. The Bertz CT molecular complexity index is 537. The van der Waals surface area contributed by atoms with E-state index < -0.39 is 0 Å². The first-order chi connectivity index (χ1) is 9.52. The highest BCUT2D eigenvalue weighted by Gasteiger charge is 2.16. The van der Waals surface area contributed by atoms with E-state index in [0.717, 1.165) is 6.54 Å². The molecule has 2 rings (SSSR count). The fourth-order valence-electron chi connectivity index (χ4n) is 2.29. The number of benzene rings is 1. The van der Waals surface area contributed by atoms with E-state index in [9.17, 15) is 0 Å². The van der Waals surface area contributed by atoms with Crippen LogP contribution in [0.5, 0.6) is 0 Å². The summed E-state index contributed by atoms with van der Waals surface area (Å²) in [6, 6.07) is 11.6. The van der Waals surface area contributed by atoms with E-state index in [1.807, 2.05) is 11.3 Å². The molecule has 0 amide bonds. The van der Waals surface area contributed by atoms with E-state index in [1.54, 1.807) is 0 Å². The van der Waals surface area contributed by atoms with E-state index in [1.165, 1.54) is 25.4 Å². The molecule has 20 heavy (non-hydrogen) atoms. The SMILES string of the molecule is CCNC(c1ccc(C(C)C)cc1)c1cc(C)c(Br)s1. The largest absolute Gasteiger partial charge is 0.306 e. The lowest BCUT2D eigenvalue weighted by Crippen LogP contribution is -2.21. The first kappa shape index (κ1) is 15.7. The van der Waals surface area contributed by atoms with Crippen LogP contribution in [0.15, 0.2) is 34.1 Å². The minimum Gasteiger partial charge on any atom is -0.306 e. The average Bonchev–Trinajstić information content (AvgIpc) is 2.76. The van der Waals surface area contributed by atoms with Crippen LogP contribution in [-0.2, 0) is 0 Å². The highest BCUT2D eigenvalue weighted by molar-refractivity contribution is 9.11. The Kier molecular flexibility index (Phi) is 5.42. The Morgan fingerprint density at radius 3 is 2.20 bits per heavy atom.